The fourth-order valence-electron chi connectivity index (χ4n) is 3.59. The summed E-state index contributed by atoms with van der Waals surface area (Å²) in [6.07, 6.45) is 0.956. The molecule has 0 aliphatic carbocycles. The lowest BCUT2D eigenvalue weighted by Gasteiger charge is -2.18. The number of rotatable bonds is 3. The second-order valence-corrected chi connectivity index (χ2v) is 6.64. The monoisotopic (exact) mass is 387 g/mol. The number of aromatic nitrogens is 1. The van der Waals surface area contributed by atoms with Crippen LogP contribution in [0.1, 0.15) is 23.3 Å². The number of aryl methyl sites for hydroxylation is 1. The second kappa shape index (κ2) is 6.70. The Labute approximate surface area is 158 Å². The van der Waals surface area contributed by atoms with Crippen molar-refractivity contribution in [2.75, 3.05) is 16.8 Å². The van der Waals surface area contributed by atoms with Crippen molar-refractivity contribution in [2.24, 2.45) is 7.05 Å². The van der Waals surface area contributed by atoms with Gasteiger partial charge in [0.05, 0.1) is 16.9 Å². The molecule has 2 heterocycles. The van der Waals surface area contributed by atoms with Crippen LogP contribution >= 0.6 is 0 Å². The van der Waals surface area contributed by atoms with Gasteiger partial charge in [-0.05, 0) is 36.8 Å². The first-order chi connectivity index (χ1) is 13.4. The van der Waals surface area contributed by atoms with E-state index in [1.165, 1.54) is 27.7 Å². The predicted molar refractivity (Wildman–Crippen MR) is 98.8 cm³/mol. The lowest BCUT2D eigenvalue weighted by molar-refractivity contribution is -0.117. The van der Waals surface area contributed by atoms with Gasteiger partial charge in [0, 0.05) is 31.5 Å². The van der Waals surface area contributed by atoms with Crippen LogP contribution in [0.4, 0.5) is 24.5 Å². The van der Waals surface area contributed by atoms with Crippen molar-refractivity contribution in [3.8, 4) is 0 Å². The van der Waals surface area contributed by atoms with Gasteiger partial charge in [0.15, 0.2) is 0 Å². The summed E-state index contributed by atoms with van der Waals surface area (Å²) in [4.78, 5) is 26.8. The number of hydrogen-bond donors (Lipinski definition) is 1. The third kappa shape index (κ3) is 2.90. The van der Waals surface area contributed by atoms with Crippen LogP contribution in [0.15, 0.2) is 36.4 Å². The van der Waals surface area contributed by atoms with Crippen molar-refractivity contribution in [2.45, 2.75) is 12.8 Å². The molecule has 1 N–H and O–H groups in total. The minimum absolute atomic E-state index is 0.0968. The highest BCUT2D eigenvalue weighted by atomic mass is 19.1. The third-order valence-electron chi connectivity index (χ3n) is 4.87. The first-order valence-electron chi connectivity index (χ1n) is 8.71. The molecule has 1 aliphatic heterocycles. The zero-order chi connectivity index (χ0) is 20.0. The van der Waals surface area contributed by atoms with Crippen LogP contribution in [0.2, 0.25) is 0 Å². The predicted octanol–water partition coefficient (Wildman–Crippen LogP) is 3.97. The van der Waals surface area contributed by atoms with Gasteiger partial charge < -0.3 is 14.8 Å². The van der Waals surface area contributed by atoms with E-state index < -0.39 is 23.4 Å². The molecule has 0 bridgehead atoms. The molecule has 1 saturated heterocycles. The maximum absolute atomic E-state index is 14.0. The molecule has 4 rings (SSSR count). The molecule has 0 radical (unpaired) electrons. The van der Waals surface area contributed by atoms with E-state index in [9.17, 15) is 22.8 Å². The van der Waals surface area contributed by atoms with Crippen LogP contribution in [0.3, 0.4) is 0 Å². The Morgan fingerprint density at radius 3 is 2.46 bits per heavy atom. The van der Waals surface area contributed by atoms with Crippen LogP contribution in [0, 0.1) is 17.5 Å². The Bertz CT molecular complexity index is 1120. The van der Waals surface area contributed by atoms with E-state index in [2.05, 4.69) is 5.32 Å². The van der Waals surface area contributed by atoms with E-state index in [0.717, 1.165) is 12.1 Å². The smallest absolute Gasteiger partial charge is 0.274 e. The third-order valence-corrected chi connectivity index (χ3v) is 4.87. The summed E-state index contributed by atoms with van der Waals surface area (Å²) < 4.78 is 42.5. The summed E-state index contributed by atoms with van der Waals surface area (Å²) >= 11 is 0. The van der Waals surface area contributed by atoms with E-state index in [1.807, 2.05) is 0 Å². The first-order valence-corrected chi connectivity index (χ1v) is 8.71. The van der Waals surface area contributed by atoms with E-state index in [4.69, 9.17) is 0 Å². The molecule has 3 aromatic rings. The molecule has 5 nitrogen and oxygen atoms in total. The van der Waals surface area contributed by atoms with Gasteiger partial charge in [0.25, 0.3) is 5.91 Å². The fourth-order valence-corrected chi connectivity index (χ4v) is 3.59. The van der Waals surface area contributed by atoms with E-state index in [1.54, 1.807) is 7.05 Å². The van der Waals surface area contributed by atoms with Crippen molar-refractivity contribution < 1.29 is 22.8 Å². The number of carbonyl (C=O) groups is 2. The van der Waals surface area contributed by atoms with Gasteiger partial charge in [-0.25, -0.2) is 13.2 Å². The number of nitrogens with one attached hydrogen (secondary N) is 1. The number of fused-ring (bicyclic) bond motifs is 1. The second-order valence-electron chi connectivity index (χ2n) is 6.64. The Hall–Kier alpha value is -3.29. The zero-order valence-electron chi connectivity index (χ0n) is 14.9. The molecular formula is C20H16F3N3O2. The lowest BCUT2D eigenvalue weighted by atomic mass is 10.2. The van der Waals surface area contributed by atoms with E-state index >= 15 is 0 Å². The van der Waals surface area contributed by atoms with Gasteiger partial charge in [-0.3, -0.25) is 9.59 Å². The number of nitrogens with zero attached hydrogens (tertiary/aromatic N) is 2. The molecule has 0 unspecified atom stereocenters. The average Bonchev–Trinajstić information content (AvgIpc) is 3.18. The highest BCUT2D eigenvalue weighted by molar-refractivity contribution is 6.17. The van der Waals surface area contributed by atoms with Crippen LogP contribution in [0.5, 0.6) is 0 Å². The van der Waals surface area contributed by atoms with Gasteiger partial charge in [0.1, 0.15) is 23.1 Å². The number of halogens is 3. The molecule has 1 aromatic heterocycles. The van der Waals surface area contributed by atoms with Crippen molar-refractivity contribution >= 4 is 34.1 Å². The van der Waals surface area contributed by atoms with Crippen molar-refractivity contribution in [3.63, 3.8) is 0 Å². The van der Waals surface area contributed by atoms with Crippen molar-refractivity contribution in [1.29, 1.82) is 0 Å². The quantitative estimate of drug-likeness (QED) is 0.739. The van der Waals surface area contributed by atoms with Gasteiger partial charge in [-0.15, -0.1) is 0 Å². The van der Waals surface area contributed by atoms with Gasteiger partial charge >= 0.3 is 0 Å². The van der Waals surface area contributed by atoms with Crippen LogP contribution in [-0.2, 0) is 11.8 Å². The Kier molecular flexibility index (Phi) is 4.33. The van der Waals surface area contributed by atoms with E-state index in [-0.39, 0.29) is 17.3 Å². The maximum Gasteiger partial charge on any atom is 0.274 e. The summed E-state index contributed by atoms with van der Waals surface area (Å²) in [5.41, 5.74) is 0.751. The normalized spacial score (nSPS) is 14.1. The summed E-state index contributed by atoms with van der Waals surface area (Å²) in [6, 6.07) is 6.86. The minimum Gasteiger partial charge on any atom is -0.338 e. The van der Waals surface area contributed by atoms with E-state index in [0.29, 0.717) is 42.0 Å². The van der Waals surface area contributed by atoms with Crippen molar-refractivity contribution in [1.82, 2.24) is 4.57 Å². The topological polar surface area (TPSA) is 54.3 Å². The first kappa shape index (κ1) is 18.1. The molecule has 8 heteroatoms. The average molecular weight is 387 g/mol. The SMILES string of the molecule is Cn1c(C(=O)Nc2ccc(F)cc2F)c(N2CCCC2=O)c2cc(F)ccc21. The number of amides is 2. The van der Waals surface area contributed by atoms with Gasteiger partial charge in [-0.1, -0.05) is 0 Å². The summed E-state index contributed by atoms with van der Waals surface area (Å²) in [7, 11) is 1.61. The number of benzene rings is 2. The molecule has 28 heavy (non-hydrogen) atoms. The lowest BCUT2D eigenvalue weighted by Crippen LogP contribution is -2.27. The molecule has 1 aliphatic rings. The fraction of sp³-hybridized carbons (Fsp3) is 0.200. The summed E-state index contributed by atoms with van der Waals surface area (Å²) in [5.74, 6) is -3.03. The minimum atomic E-state index is -0.919. The number of anilines is 2. The maximum atomic E-state index is 14.0. The highest BCUT2D eigenvalue weighted by Crippen LogP contribution is 2.37. The molecule has 0 saturated carbocycles. The van der Waals surface area contributed by atoms with Gasteiger partial charge in [-0.2, -0.15) is 0 Å². The number of hydrogen-bond acceptors (Lipinski definition) is 2. The zero-order valence-corrected chi connectivity index (χ0v) is 14.9. The summed E-state index contributed by atoms with van der Waals surface area (Å²) in [5, 5.41) is 2.83. The molecule has 2 amide bonds. The van der Waals surface area contributed by atoms with Gasteiger partial charge in [0.2, 0.25) is 5.91 Å². The van der Waals surface area contributed by atoms with Crippen LogP contribution in [0.25, 0.3) is 10.9 Å². The Morgan fingerprint density at radius 2 is 1.79 bits per heavy atom. The molecule has 1 fully saturated rings. The number of carbonyl (C=O) groups excluding carboxylic acids is 2. The Morgan fingerprint density at radius 1 is 1.07 bits per heavy atom. The van der Waals surface area contributed by atoms with Crippen LogP contribution in [-0.4, -0.2) is 22.9 Å². The summed E-state index contributed by atoms with van der Waals surface area (Å²) in [6.45, 7) is 0.402. The largest absolute Gasteiger partial charge is 0.338 e. The molecule has 0 spiro atoms. The molecule has 2 aromatic carbocycles. The Balaban J connectivity index is 1.86. The van der Waals surface area contributed by atoms with Crippen LogP contribution < -0.4 is 10.2 Å². The molecule has 0 atom stereocenters. The molecular weight excluding hydrogens is 371 g/mol. The highest BCUT2D eigenvalue weighted by Gasteiger charge is 2.31. The van der Waals surface area contributed by atoms with Crippen molar-refractivity contribution in [3.05, 3.63) is 59.5 Å². The standard InChI is InChI=1S/C20H16F3N3O2/c1-25-16-7-5-11(21)9-13(16)18(26-8-2-3-17(26)27)19(25)20(28)24-15-6-4-12(22)10-14(15)23/h4-7,9-10H,2-3,8H2,1H3,(H,24,28). The molecule has 144 valence electrons.